The quantitative estimate of drug-likeness (QED) is 0.745. The number of carbonyl (C=O) groups is 2. The van der Waals surface area contributed by atoms with Crippen LogP contribution in [0.4, 0.5) is 0 Å². The Hall–Kier alpha value is -2.03. The molecule has 1 aliphatic heterocycles. The molecular weight excluding hydrogens is 322 g/mol. The van der Waals surface area contributed by atoms with E-state index in [1.165, 1.54) is 36.8 Å². The first-order valence-corrected chi connectivity index (χ1v) is 9.96. The number of hydrogen-bond acceptors (Lipinski definition) is 3. The van der Waals surface area contributed by atoms with Gasteiger partial charge in [0.2, 0.25) is 0 Å². The first kappa shape index (κ1) is 17.4. The van der Waals surface area contributed by atoms with Crippen LogP contribution in [0, 0.1) is 24.7 Å². The molecule has 0 spiro atoms. The summed E-state index contributed by atoms with van der Waals surface area (Å²) in [7, 11) is 0. The average molecular weight is 349 g/mol. The molecule has 0 saturated heterocycles. The Labute approximate surface area is 155 Å². The molecule has 1 heterocycles. The molecule has 2 aliphatic carbocycles. The second-order valence-corrected chi connectivity index (χ2v) is 8.29. The van der Waals surface area contributed by atoms with Gasteiger partial charge in [-0.15, -0.1) is 0 Å². The zero-order chi connectivity index (χ0) is 18.3. The van der Waals surface area contributed by atoms with Crippen molar-refractivity contribution in [2.24, 2.45) is 22.7 Å². The van der Waals surface area contributed by atoms with Crippen LogP contribution in [-0.4, -0.2) is 17.3 Å². The lowest BCUT2D eigenvalue weighted by Gasteiger charge is -2.22. The molecule has 3 aliphatic rings. The van der Waals surface area contributed by atoms with E-state index in [2.05, 4.69) is 31.2 Å². The molecule has 3 nitrogen and oxygen atoms in total. The number of aliphatic imine (C=N–C) groups is 1. The molecule has 0 radical (unpaired) electrons. The molecule has 26 heavy (non-hydrogen) atoms. The van der Waals surface area contributed by atoms with Gasteiger partial charge in [-0.05, 0) is 38.2 Å². The van der Waals surface area contributed by atoms with E-state index < -0.39 is 0 Å². The van der Waals surface area contributed by atoms with Gasteiger partial charge in [0.15, 0.2) is 5.78 Å². The smallest absolute Gasteiger partial charge is 0.168 e. The van der Waals surface area contributed by atoms with Crippen LogP contribution in [0.25, 0.3) is 0 Å². The van der Waals surface area contributed by atoms with Crippen molar-refractivity contribution in [2.75, 3.05) is 0 Å². The molecule has 1 aromatic carbocycles. The van der Waals surface area contributed by atoms with Gasteiger partial charge in [0.25, 0.3) is 0 Å². The fourth-order valence-electron chi connectivity index (χ4n) is 4.74. The molecule has 0 amide bonds. The molecule has 2 unspecified atom stereocenters. The highest BCUT2D eigenvalue weighted by Gasteiger charge is 2.42. The summed E-state index contributed by atoms with van der Waals surface area (Å²) in [6.07, 6.45) is 7.00. The zero-order valence-corrected chi connectivity index (χ0v) is 15.8. The molecule has 3 heteroatoms. The normalized spacial score (nSPS) is 26.5. The van der Waals surface area contributed by atoms with E-state index in [1.54, 1.807) is 0 Å². The van der Waals surface area contributed by atoms with Crippen LogP contribution < -0.4 is 0 Å². The predicted octanol–water partition coefficient (Wildman–Crippen LogP) is 4.62. The van der Waals surface area contributed by atoms with Crippen molar-refractivity contribution in [1.82, 2.24) is 0 Å². The number of carbonyl (C=O) groups excluding carboxylic acids is 2. The second kappa shape index (κ2) is 6.94. The highest BCUT2D eigenvalue weighted by molar-refractivity contribution is 6.17. The molecule has 4 rings (SSSR count). The van der Waals surface area contributed by atoms with Gasteiger partial charge in [-0.1, -0.05) is 55.5 Å². The third kappa shape index (κ3) is 3.20. The second-order valence-electron chi connectivity index (χ2n) is 8.29. The number of allylic oxidation sites excluding steroid dienone is 2. The SMILES string of the molecule is Cc1ccc(CC2C(CC3CCCC3)=NC3=C2C(=O)CC(=O)C3C)cc1. The number of hydrogen-bond donors (Lipinski definition) is 0. The van der Waals surface area contributed by atoms with Gasteiger partial charge in [-0.3, -0.25) is 14.6 Å². The fraction of sp³-hybridized carbons (Fsp3) is 0.522. The summed E-state index contributed by atoms with van der Waals surface area (Å²) in [5.41, 5.74) is 5.25. The van der Waals surface area contributed by atoms with Crippen LogP contribution in [0.15, 0.2) is 40.5 Å². The van der Waals surface area contributed by atoms with E-state index >= 15 is 0 Å². The lowest BCUT2D eigenvalue weighted by atomic mass is 9.77. The Kier molecular flexibility index (Phi) is 4.64. The van der Waals surface area contributed by atoms with Crippen molar-refractivity contribution >= 4 is 17.3 Å². The maximum Gasteiger partial charge on any atom is 0.168 e. The van der Waals surface area contributed by atoms with Crippen LogP contribution in [0.3, 0.4) is 0 Å². The standard InChI is InChI=1S/C23H27NO2/c1-14-7-9-17(10-8-14)11-18-19(12-16-5-3-4-6-16)24-23-15(2)20(25)13-21(26)22(18)23/h7-10,15-16,18H,3-6,11-13H2,1-2H3. The summed E-state index contributed by atoms with van der Waals surface area (Å²) in [5.74, 6) is 0.552. The maximum atomic E-state index is 12.7. The number of rotatable bonds is 4. The molecule has 1 fully saturated rings. The van der Waals surface area contributed by atoms with Crippen molar-refractivity contribution in [3.05, 3.63) is 46.7 Å². The number of Topliss-reactive ketones (excluding diaryl/α,β-unsaturated/α-hetero) is 2. The van der Waals surface area contributed by atoms with E-state index in [0.29, 0.717) is 5.92 Å². The number of ketones is 2. The Bertz CT molecular complexity index is 794. The van der Waals surface area contributed by atoms with Gasteiger partial charge in [0.05, 0.1) is 18.0 Å². The van der Waals surface area contributed by atoms with E-state index in [1.807, 2.05) is 6.92 Å². The molecule has 0 bridgehead atoms. The summed E-state index contributed by atoms with van der Waals surface area (Å²) >= 11 is 0. The summed E-state index contributed by atoms with van der Waals surface area (Å²) in [4.78, 5) is 29.8. The lowest BCUT2D eigenvalue weighted by molar-refractivity contribution is -0.128. The fourth-order valence-corrected chi connectivity index (χ4v) is 4.74. The molecule has 136 valence electrons. The van der Waals surface area contributed by atoms with Crippen LogP contribution in [0.1, 0.15) is 56.6 Å². The Morgan fingerprint density at radius 3 is 2.42 bits per heavy atom. The van der Waals surface area contributed by atoms with Crippen LogP contribution in [0.2, 0.25) is 0 Å². The molecule has 1 aromatic rings. The van der Waals surface area contributed by atoms with Crippen molar-refractivity contribution in [2.45, 2.75) is 58.8 Å². The summed E-state index contributed by atoms with van der Waals surface area (Å²) in [6.45, 7) is 4.00. The monoisotopic (exact) mass is 349 g/mol. The van der Waals surface area contributed by atoms with Gasteiger partial charge in [-0.2, -0.15) is 0 Å². The first-order valence-electron chi connectivity index (χ1n) is 9.96. The topological polar surface area (TPSA) is 46.5 Å². The van der Waals surface area contributed by atoms with Gasteiger partial charge < -0.3 is 0 Å². The average Bonchev–Trinajstić information content (AvgIpc) is 3.24. The van der Waals surface area contributed by atoms with Gasteiger partial charge in [-0.25, -0.2) is 0 Å². The minimum Gasteiger partial charge on any atom is -0.298 e. The van der Waals surface area contributed by atoms with Crippen molar-refractivity contribution in [3.63, 3.8) is 0 Å². The van der Waals surface area contributed by atoms with E-state index in [0.717, 1.165) is 29.8 Å². The molecule has 1 saturated carbocycles. The highest BCUT2D eigenvalue weighted by Crippen LogP contribution is 2.41. The Morgan fingerprint density at radius 2 is 1.73 bits per heavy atom. The van der Waals surface area contributed by atoms with Crippen molar-refractivity contribution in [1.29, 1.82) is 0 Å². The van der Waals surface area contributed by atoms with E-state index in [-0.39, 0.29) is 29.8 Å². The largest absolute Gasteiger partial charge is 0.298 e. The Balaban J connectivity index is 1.66. The van der Waals surface area contributed by atoms with Gasteiger partial charge in [0, 0.05) is 17.2 Å². The van der Waals surface area contributed by atoms with E-state index in [9.17, 15) is 9.59 Å². The van der Waals surface area contributed by atoms with Gasteiger partial charge >= 0.3 is 0 Å². The number of benzene rings is 1. The molecule has 0 aromatic heterocycles. The lowest BCUT2D eigenvalue weighted by Crippen LogP contribution is -2.29. The van der Waals surface area contributed by atoms with Crippen molar-refractivity contribution < 1.29 is 9.59 Å². The van der Waals surface area contributed by atoms with Gasteiger partial charge in [0.1, 0.15) is 5.78 Å². The summed E-state index contributed by atoms with van der Waals surface area (Å²) in [6, 6.07) is 8.57. The minimum atomic E-state index is -0.232. The minimum absolute atomic E-state index is 0.00498. The highest BCUT2D eigenvalue weighted by atomic mass is 16.1. The third-order valence-electron chi connectivity index (χ3n) is 6.35. The van der Waals surface area contributed by atoms with Crippen LogP contribution in [-0.2, 0) is 16.0 Å². The third-order valence-corrected chi connectivity index (χ3v) is 6.35. The number of nitrogens with zero attached hydrogens (tertiary/aromatic N) is 1. The summed E-state index contributed by atoms with van der Waals surface area (Å²) in [5, 5.41) is 0. The predicted molar refractivity (Wildman–Crippen MR) is 103 cm³/mol. The molecule has 0 N–H and O–H groups in total. The maximum absolute atomic E-state index is 12.7. The van der Waals surface area contributed by atoms with Crippen LogP contribution in [0.5, 0.6) is 0 Å². The molecular formula is C23H27NO2. The first-order chi connectivity index (χ1) is 12.5. The molecule has 2 atom stereocenters. The van der Waals surface area contributed by atoms with E-state index in [4.69, 9.17) is 4.99 Å². The number of aryl methyl sites for hydroxylation is 1. The Morgan fingerprint density at radius 1 is 1.04 bits per heavy atom. The van der Waals surface area contributed by atoms with Crippen molar-refractivity contribution in [3.8, 4) is 0 Å². The summed E-state index contributed by atoms with van der Waals surface area (Å²) < 4.78 is 0. The van der Waals surface area contributed by atoms with Crippen LogP contribution >= 0.6 is 0 Å². The zero-order valence-electron chi connectivity index (χ0n) is 15.8.